The molecule has 0 bridgehead atoms. The van der Waals surface area contributed by atoms with Crippen LogP contribution in [-0.2, 0) is 21.4 Å². The third kappa shape index (κ3) is 5.60. The molecule has 0 atom stereocenters. The van der Waals surface area contributed by atoms with Gasteiger partial charge in [0.25, 0.3) is 0 Å². The van der Waals surface area contributed by atoms with Crippen molar-refractivity contribution in [2.24, 2.45) is 0 Å². The van der Waals surface area contributed by atoms with Crippen LogP contribution in [-0.4, -0.2) is 25.2 Å². The third-order valence-electron chi connectivity index (χ3n) is 4.60. The molecule has 0 saturated carbocycles. The van der Waals surface area contributed by atoms with E-state index < -0.39 is 34.8 Å². The maximum Gasteiger partial charge on any atom is 0.243 e. The number of hydrogen-bond donors (Lipinski definition) is 1. The highest BCUT2D eigenvalue weighted by molar-refractivity contribution is 7.89. The van der Waals surface area contributed by atoms with Crippen LogP contribution in [0.4, 0.5) is 10.1 Å². The van der Waals surface area contributed by atoms with Crippen molar-refractivity contribution >= 4 is 56.4 Å². The van der Waals surface area contributed by atoms with E-state index in [1.54, 1.807) is 24.3 Å². The van der Waals surface area contributed by atoms with Crippen LogP contribution in [0.15, 0.2) is 65.6 Å². The first-order valence-corrected chi connectivity index (χ1v) is 11.9. The van der Waals surface area contributed by atoms with Crippen LogP contribution in [0.25, 0.3) is 0 Å². The molecule has 32 heavy (non-hydrogen) atoms. The van der Waals surface area contributed by atoms with Crippen LogP contribution in [0.5, 0.6) is 0 Å². The van der Waals surface area contributed by atoms with Crippen LogP contribution < -0.4 is 5.32 Å². The molecule has 1 N–H and O–H groups in total. The molecule has 0 saturated heterocycles. The molecular formula is C22H18Cl3FN2O3S. The molecule has 0 aliphatic carbocycles. The van der Waals surface area contributed by atoms with E-state index in [2.05, 4.69) is 5.32 Å². The van der Waals surface area contributed by atoms with Gasteiger partial charge in [0, 0.05) is 17.1 Å². The second kappa shape index (κ2) is 10.2. The van der Waals surface area contributed by atoms with Crippen LogP contribution >= 0.6 is 34.8 Å². The molecule has 0 radical (unpaired) electrons. The molecule has 3 aromatic rings. The van der Waals surface area contributed by atoms with Gasteiger partial charge in [-0.15, -0.1) is 0 Å². The van der Waals surface area contributed by atoms with Gasteiger partial charge in [0.15, 0.2) is 0 Å². The summed E-state index contributed by atoms with van der Waals surface area (Å²) in [4.78, 5) is 12.7. The zero-order chi connectivity index (χ0) is 23.5. The lowest BCUT2D eigenvalue weighted by atomic mass is 10.2. The zero-order valence-electron chi connectivity index (χ0n) is 16.8. The summed E-state index contributed by atoms with van der Waals surface area (Å²) >= 11 is 18.2. The topological polar surface area (TPSA) is 66.5 Å². The number of anilines is 1. The summed E-state index contributed by atoms with van der Waals surface area (Å²) < 4.78 is 41.9. The molecule has 0 aliphatic heterocycles. The SMILES string of the molecule is Cc1ccc(S(=O)(=O)N(CC(=O)Nc2cccc(Cl)c2Cl)Cc2c(F)cccc2Cl)cc1. The molecule has 0 heterocycles. The zero-order valence-corrected chi connectivity index (χ0v) is 19.9. The van der Waals surface area contributed by atoms with Crippen molar-refractivity contribution in [3.05, 3.63) is 92.7 Å². The molecule has 3 rings (SSSR count). The van der Waals surface area contributed by atoms with E-state index >= 15 is 0 Å². The Morgan fingerprint density at radius 2 is 1.59 bits per heavy atom. The van der Waals surface area contributed by atoms with Gasteiger partial charge < -0.3 is 5.32 Å². The lowest BCUT2D eigenvalue weighted by Crippen LogP contribution is -2.38. The minimum atomic E-state index is -4.17. The van der Waals surface area contributed by atoms with Crippen LogP contribution in [0, 0.1) is 12.7 Å². The molecule has 0 aliphatic rings. The summed E-state index contributed by atoms with van der Waals surface area (Å²) in [6, 6.07) is 14.8. The fourth-order valence-electron chi connectivity index (χ4n) is 2.90. The van der Waals surface area contributed by atoms with Crippen molar-refractivity contribution in [3.63, 3.8) is 0 Å². The van der Waals surface area contributed by atoms with Crippen LogP contribution in [0.2, 0.25) is 15.1 Å². The van der Waals surface area contributed by atoms with E-state index in [1.165, 1.54) is 36.4 Å². The van der Waals surface area contributed by atoms with Gasteiger partial charge in [0.05, 0.1) is 27.2 Å². The first-order valence-electron chi connectivity index (χ1n) is 9.33. The number of halogens is 4. The molecule has 3 aromatic carbocycles. The van der Waals surface area contributed by atoms with Gasteiger partial charge in [0.2, 0.25) is 15.9 Å². The number of carbonyl (C=O) groups is 1. The van der Waals surface area contributed by atoms with Gasteiger partial charge in [-0.05, 0) is 43.3 Å². The molecule has 0 aromatic heterocycles. The monoisotopic (exact) mass is 514 g/mol. The summed E-state index contributed by atoms with van der Waals surface area (Å²) in [5, 5.41) is 2.94. The maximum atomic E-state index is 14.4. The number of hydrogen-bond acceptors (Lipinski definition) is 3. The Kier molecular flexibility index (Phi) is 7.79. The van der Waals surface area contributed by atoms with Crippen molar-refractivity contribution in [2.45, 2.75) is 18.4 Å². The number of nitrogens with zero attached hydrogens (tertiary/aromatic N) is 1. The fourth-order valence-corrected chi connectivity index (χ4v) is 4.83. The standard InChI is InChI=1S/C22H18Cl3FN2O3S/c1-14-8-10-15(11-9-14)32(30,31)28(12-16-17(23)4-2-6-19(16)26)13-21(29)27-20-7-3-5-18(24)22(20)25/h2-11H,12-13H2,1H3,(H,27,29). The summed E-state index contributed by atoms with van der Waals surface area (Å²) in [5.41, 5.74) is 1.04. The number of carbonyl (C=O) groups excluding carboxylic acids is 1. The minimum Gasteiger partial charge on any atom is -0.324 e. The highest BCUT2D eigenvalue weighted by Crippen LogP contribution is 2.30. The molecule has 0 fully saturated rings. The second-order valence-electron chi connectivity index (χ2n) is 6.94. The van der Waals surface area contributed by atoms with Crippen molar-refractivity contribution < 1.29 is 17.6 Å². The van der Waals surface area contributed by atoms with Gasteiger partial charge in [0.1, 0.15) is 5.82 Å². The quantitative estimate of drug-likeness (QED) is 0.424. The Balaban J connectivity index is 1.95. The first-order chi connectivity index (χ1) is 15.1. The van der Waals surface area contributed by atoms with Crippen LogP contribution in [0.3, 0.4) is 0 Å². The largest absolute Gasteiger partial charge is 0.324 e. The van der Waals surface area contributed by atoms with Crippen molar-refractivity contribution in [3.8, 4) is 0 Å². The van der Waals surface area contributed by atoms with Gasteiger partial charge in [-0.3, -0.25) is 4.79 Å². The Bertz CT molecular complexity index is 1230. The van der Waals surface area contributed by atoms with E-state index in [0.29, 0.717) is 0 Å². The number of sulfonamides is 1. The summed E-state index contributed by atoms with van der Waals surface area (Å²) in [6.07, 6.45) is 0. The average molecular weight is 516 g/mol. The number of rotatable bonds is 7. The lowest BCUT2D eigenvalue weighted by Gasteiger charge is -2.23. The summed E-state index contributed by atoms with van der Waals surface area (Å²) in [5.74, 6) is -1.36. The lowest BCUT2D eigenvalue weighted by molar-refractivity contribution is -0.116. The van der Waals surface area contributed by atoms with Crippen molar-refractivity contribution in [1.82, 2.24) is 4.31 Å². The minimum absolute atomic E-state index is 0.0378. The predicted molar refractivity (Wildman–Crippen MR) is 125 cm³/mol. The van der Waals surface area contributed by atoms with Gasteiger partial charge in [-0.1, -0.05) is 64.6 Å². The Hall–Kier alpha value is -2.16. The van der Waals surface area contributed by atoms with Gasteiger partial charge in [-0.25, -0.2) is 12.8 Å². The normalized spacial score (nSPS) is 11.6. The highest BCUT2D eigenvalue weighted by atomic mass is 35.5. The average Bonchev–Trinajstić information content (AvgIpc) is 2.73. The Morgan fingerprint density at radius 1 is 0.969 bits per heavy atom. The third-order valence-corrected chi connectivity index (χ3v) is 7.58. The molecule has 0 spiro atoms. The van der Waals surface area contributed by atoms with E-state index in [1.807, 2.05) is 6.92 Å². The van der Waals surface area contributed by atoms with E-state index in [9.17, 15) is 17.6 Å². The molecule has 5 nitrogen and oxygen atoms in total. The fraction of sp³-hybridized carbons (Fsp3) is 0.136. The molecular weight excluding hydrogens is 498 g/mol. The van der Waals surface area contributed by atoms with Crippen molar-refractivity contribution in [1.29, 1.82) is 0 Å². The van der Waals surface area contributed by atoms with Crippen molar-refractivity contribution in [2.75, 3.05) is 11.9 Å². The van der Waals surface area contributed by atoms with E-state index in [-0.39, 0.29) is 31.2 Å². The molecule has 168 valence electrons. The Morgan fingerprint density at radius 3 is 2.25 bits per heavy atom. The van der Waals surface area contributed by atoms with Crippen LogP contribution in [0.1, 0.15) is 11.1 Å². The number of nitrogens with one attached hydrogen (secondary N) is 1. The maximum absolute atomic E-state index is 14.4. The predicted octanol–water partition coefficient (Wildman–Crippen LogP) is 5.92. The molecule has 1 amide bonds. The number of amides is 1. The van der Waals surface area contributed by atoms with E-state index in [0.717, 1.165) is 9.87 Å². The summed E-state index contributed by atoms with van der Waals surface area (Å²) in [6.45, 7) is 0.762. The smallest absolute Gasteiger partial charge is 0.243 e. The molecule has 10 heteroatoms. The first kappa shape index (κ1) is 24.5. The molecule has 0 unspecified atom stereocenters. The Labute approximate surface area is 200 Å². The van der Waals surface area contributed by atoms with E-state index in [4.69, 9.17) is 34.8 Å². The summed E-state index contributed by atoms with van der Waals surface area (Å²) in [7, 11) is -4.17. The second-order valence-corrected chi connectivity index (χ2v) is 10.1. The van der Waals surface area contributed by atoms with Gasteiger partial charge in [-0.2, -0.15) is 4.31 Å². The number of benzene rings is 3. The highest BCUT2D eigenvalue weighted by Gasteiger charge is 2.29. The van der Waals surface area contributed by atoms with Gasteiger partial charge >= 0.3 is 0 Å². The number of aryl methyl sites for hydroxylation is 1.